The summed E-state index contributed by atoms with van der Waals surface area (Å²) in [5.74, 6) is 0.541. The summed E-state index contributed by atoms with van der Waals surface area (Å²) in [5.41, 5.74) is 5.43. The quantitative estimate of drug-likeness (QED) is 0.805. The van der Waals surface area contributed by atoms with Crippen LogP contribution in [-0.4, -0.2) is 28.0 Å². The van der Waals surface area contributed by atoms with E-state index in [1.54, 1.807) is 17.5 Å². The number of hydrogen-bond donors (Lipinski definition) is 2. The molecule has 0 bridgehead atoms. The number of thiophene rings is 1. The van der Waals surface area contributed by atoms with Gasteiger partial charge in [0.25, 0.3) is 0 Å². The van der Waals surface area contributed by atoms with E-state index < -0.39 is 0 Å². The first kappa shape index (κ1) is 13.8. The number of aromatic nitrogens is 2. The topological polar surface area (TPSA) is 72.9 Å². The van der Waals surface area contributed by atoms with Crippen LogP contribution in [0.25, 0.3) is 10.7 Å². The van der Waals surface area contributed by atoms with Crippen LogP contribution >= 0.6 is 11.3 Å². The van der Waals surface area contributed by atoms with E-state index in [2.05, 4.69) is 17.2 Å². The number of carbonyl (C=O) groups is 1. The second kappa shape index (κ2) is 6.49. The summed E-state index contributed by atoms with van der Waals surface area (Å²) in [6, 6.07) is 3.63. The number of imidazole rings is 1. The second-order valence-corrected chi connectivity index (χ2v) is 5.24. The van der Waals surface area contributed by atoms with Crippen LogP contribution in [0, 0.1) is 0 Å². The van der Waals surface area contributed by atoms with Gasteiger partial charge >= 0.3 is 0 Å². The van der Waals surface area contributed by atoms with Crippen LogP contribution in [0.1, 0.15) is 13.3 Å². The maximum atomic E-state index is 11.5. The molecule has 2 aromatic rings. The highest BCUT2D eigenvalue weighted by Crippen LogP contribution is 2.22. The molecule has 2 heterocycles. The van der Waals surface area contributed by atoms with Gasteiger partial charge < -0.3 is 15.6 Å². The maximum Gasteiger partial charge on any atom is 0.236 e. The van der Waals surface area contributed by atoms with E-state index in [0.29, 0.717) is 6.54 Å². The lowest BCUT2D eigenvalue weighted by molar-refractivity contribution is -0.120. The largest absolute Gasteiger partial charge is 0.368 e. The molecule has 0 aliphatic rings. The van der Waals surface area contributed by atoms with Crippen LogP contribution in [0.2, 0.25) is 0 Å². The molecule has 0 aliphatic heterocycles. The van der Waals surface area contributed by atoms with Crippen molar-refractivity contribution < 1.29 is 4.79 Å². The lowest BCUT2D eigenvalue weighted by Crippen LogP contribution is -2.44. The number of hydrogen-bond acceptors (Lipinski definition) is 4. The fourth-order valence-corrected chi connectivity index (χ4v) is 2.59. The van der Waals surface area contributed by atoms with E-state index in [9.17, 15) is 4.79 Å². The molecule has 0 fully saturated rings. The molecule has 5 nitrogen and oxygen atoms in total. The van der Waals surface area contributed by atoms with Crippen LogP contribution in [0.3, 0.4) is 0 Å². The monoisotopic (exact) mass is 278 g/mol. The van der Waals surface area contributed by atoms with E-state index in [1.165, 1.54) is 0 Å². The predicted octanol–water partition coefficient (Wildman–Crippen LogP) is 1.47. The Hall–Kier alpha value is -1.66. The van der Waals surface area contributed by atoms with Gasteiger partial charge in [-0.1, -0.05) is 13.0 Å². The molecule has 0 saturated heterocycles. The number of nitrogens with two attached hydrogens (primary N) is 1. The van der Waals surface area contributed by atoms with Crippen molar-refractivity contribution in [3.05, 3.63) is 29.9 Å². The molecule has 1 amide bonds. The first-order chi connectivity index (χ1) is 9.22. The summed E-state index contributed by atoms with van der Waals surface area (Å²) in [5, 5.41) is 5.17. The molecule has 0 radical (unpaired) electrons. The van der Waals surface area contributed by atoms with E-state index in [4.69, 9.17) is 5.73 Å². The average molecular weight is 278 g/mol. The average Bonchev–Trinajstić information content (AvgIpc) is 3.04. The SMILES string of the molecule is CCCNC(Cn1ccnc1-c1cccs1)C(N)=O. The van der Waals surface area contributed by atoms with Crippen molar-refractivity contribution in [2.45, 2.75) is 25.9 Å². The molecule has 0 aromatic carbocycles. The van der Waals surface area contributed by atoms with Gasteiger partial charge in [-0.25, -0.2) is 4.98 Å². The smallest absolute Gasteiger partial charge is 0.236 e. The zero-order valence-electron chi connectivity index (χ0n) is 10.9. The van der Waals surface area contributed by atoms with Gasteiger partial charge in [0, 0.05) is 18.9 Å². The highest BCUT2D eigenvalue weighted by molar-refractivity contribution is 7.13. The van der Waals surface area contributed by atoms with Crippen LogP contribution < -0.4 is 11.1 Å². The molecule has 0 aliphatic carbocycles. The summed E-state index contributed by atoms with van der Waals surface area (Å²) in [6.45, 7) is 3.33. The number of primary amides is 1. The van der Waals surface area contributed by atoms with Gasteiger partial charge in [-0.15, -0.1) is 11.3 Å². The fourth-order valence-electron chi connectivity index (χ4n) is 1.86. The Morgan fingerprint density at radius 1 is 1.63 bits per heavy atom. The highest BCUT2D eigenvalue weighted by atomic mass is 32.1. The van der Waals surface area contributed by atoms with Gasteiger partial charge in [-0.3, -0.25) is 4.79 Å². The number of carbonyl (C=O) groups excluding carboxylic acids is 1. The Morgan fingerprint density at radius 2 is 2.47 bits per heavy atom. The van der Waals surface area contributed by atoms with Crippen molar-refractivity contribution >= 4 is 17.2 Å². The summed E-state index contributed by atoms with van der Waals surface area (Å²) in [7, 11) is 0. The Balaban J connectivity index is 2.14. The number of nitrogens with zero attached hydrogens (tertiary/aromatic N) is 2. The molecule has 0 saturated carbocycles. The Bertz CT molecular complexity index is 520. The van der Waals surface area contributed by atoms with Crippen molar-refractivity contribution in [2.75, 3.05) is 6.54 Å². The lowest BCUT2D eigenvalue weighted by atomic mass is 10.2. The minimum absolute atomic E-state index is 0.334. The van der Waals surface area contributed by atoms with Crippen molar-refractivity contribution in [3.8, 4) is 10.7 Å². The molecule has 2 rings (SSSR count). The molecule has 0 spiro atoms. The second-order valence-electron chi connectivity index (χ2n) is 4.29. The van der Waals surface area contributed by atoms with Gasteiger partial charge in [0.15, 0.2) is 0 Å². The van der Waals surface area contributed by atoms with Crippen LogP contribution in [0.5, 0.6) is 0 Å². The molecule has 1 unspecified atom stereocenters. The normalized spacial score (nSPS) is 12.5. The molecule has 1 atom stereocenters. The van der Waals surface area contributed by atoms with E-state index in [0.717, 1.165) is 23.7 Å². The third-order valence-corrected chi connectivity index (χ3v) is 3.69. The lowest BCUT2D eigenvalue weighted by Gasteiger charge is -2.16. The van der Waals surface area contributed by atoms with Gasteiger partial charge in [-0.2, -0.15) is 0 Å². The molecule has 102 valence electrons. The molecule has 2 aromatic heterocycles. The summed E-state index contributed by atoms with van der Waals surface area (Å²) < 4.78 is 1.96. The Morgan fingerprint density at radius 3 is 3.11 bits per heavy atom. The first-order valence-corrected chi connectivity index (χ1v) is 7.18. The molecule has 6 heteroatoms. The van der Waals surface area contributed by atoms with E-state index in [-0.39, 0.29) is 11.9 Å². The van der Waals surface area contributed by atoms with Crippen molar-refractivity contribution in [3.63, 3.8) is 0 Å². The maximum absolute atomic E-state index is 11.5. The van der Waals surface area contributed by atoms with Gasteiger partial charge in [-0.05, 0) is 24.4 Å². The predicted molar refractivity (Wildman–Crippen MR) is 76.8 cm³/mol. The van der Waals surface area contributed by atoms with E-state index in [1.807, 2.05) is 28.3 Å². The number of rotatable bonds is 7. The van der Waals surface area contributed by atoms with Crippen molar-refractivity contribution in [2.24, 2.45) is 5.73 Å². The highest BCUT2D eigenvalue weighted by Gasteiger charge is 2.17. The summed E-state index contributed by atoms with van der Waals surface area (Å²) in [4.78, 5) is 16.9. The van der Waals surface area contributed by atoms with Crippen molar-refractivity contribution in [1.29, 1.82) is 0 Å². The van der Waals surface area contributed by atoms with Crippen molar-refractivity contribution in [1.82, 2.24) is 14.9 Å². The number of nitrogens with one attached hydrogen (secondary N) is 1. The molecular formula is C13H18N4OS. The Kier molecular flexibility index (Phi) is 4.70. The van der Waals surface area contributed by atoms with Crippen LogP contribution in [0.15, 0.2) is 29.9 Å². The zero-order chi connectivity index (χ0) is 13.7. The third-order valence-electron chi connectivity index (χ3n) is 2.82. The standard InChI is InChI=1S/C13H18N4OS/c1-2-5-15-10(12(14)18)9-17-7-6-16-13(17)11-4-3-8-19-11/h3-4,6-8,10,15H,2,5,9H2,1H3,(H2,14,18). The third kappa shape index (κ3) is 3.42. The molecule has 19 heavy (non-hydrogen) atoms. The minimum Gasteiger partial charge on any atom is -0.368 e. The van der Waals surface area contributed by atoms with Crippen LogP contribution in [-0.2, 0) is 11.3 Å². The zero-order valence-corrected chi connectivity index (χ0v) is 11.7. The van der Waals surface area contributed by atoms with Crippen LogP contribution in [0.4, 0.5) is 0 Å². The van der Waals surface area contributed by atoms with Gasteiger partial charge in [0.1, 0.15) is 11.9 Å². The fraction of sp³-hybridized carbons (Fsp3) is 0.385. The Labute approximate surface area is 116 Å². The summed E-state index contributed by atoms with van der Waals surface area (Å²) in [6.07, 6.45) is 4.58. The first-order valence-electron chi connectivity index (χ1n) is 6.30. The molecular weight excluding hydrogens is 260 g/mol. The minimum atomic E-state index is -0.368. The van der Waals surface area contributed by atoms with Gasteiger partial charge in [0.05, 0.1) is 4.88 Å². The van der Waals surface area contributed by atoms with Gasteiger partial charge in [0.2, 0.25) is 5.91 Å². The summed E-state index contributed by atoms with van der Waals surface area (Å²) >= 11 is 1.63. The van der Waals surface area contributed by atoms with E-state index >= 15 is 0 Å². The molecule has 3 N–H and O–H groups in total. The number of amides is 1.